The van der Waals surface area contributed by atoms with Crippen molar-refractivity contribution in [2.45, 2.75) is 6.92 Å². The predicted molar refractivity (Wildman–Crippen MR) is 91.6 cm³/mol. The zero-order valence-electron chi connectivity index (χ0n) is 13.5. The third-order valence-electron chi connectivity index (χ3n) is 3.77. The van der Waals surface area contributed by atoms with E-state index in [2.05, 4.69) is 4.40 Å². The molecule has 0 amide bonds. The van der Waals surface area contributed by atoms with Crippen molar-refractivity contribution >= 4 is 27.6 Å². The van der Waals surface area contributed by atoms with Gasteiger partial charge in [0.1, 0.15) is 5.84 Å². The van der Waals surface area contributed by atoms with E-state index in [0.717, 1.165) is 5.56 Å². The average molecular weight is 360 g/mol. The van der Waals surface area contributed by atoms with Crippen molar-refractivity contribution in [3.63, 3.8) is 0 Å². The fourth-order valence-corrected chi connectivity index (χ4v) is 3.33. The van der Waals surface area contributed by atoms with Crippen LogP contribution in [0.5, 0.6) is 0 Å². The minimum atomic E-state index is -3.44. The molecule has 130 valence electrons. The fourth-order valence-electron chi connectivity index (χ4n) is 2.36. The smallest absolute Gasteiger partial charge is 0.340 e. The van der Waals surface area contributed by atoms with Gasteiger partial charge in [-0.15, -0.1) is 4.40 Å². The number of ketones is 1. The molecular weight excluding hydrogens is 344 g/mol. The molecule has 1 aromatic rings. The van der Waals surface area contributed by atoms with Crippen LogP contribution in [-0.4, -0.2) is 49.8 Å². The number of aryl methyl sites for hydroxylation is 1. The summed E-state index contributed by atoms with van der Waals surface area (Å²) < 4.78 is 31.6. The van der Waals surface area contributed by atoms with Crippen molar-refractivity contribution < 1.29 is 22.7 Å². The highest BCUT2D eigenvalue weighted by atomic mass is 32.2. The molecule has 25 heavy (non-hydrogen) atoms. The summed E-state index contributed by atoms with van der Waals surface area (Å²) in [6, 6.07) is 6.99. The Morgan fingerprint density at radius 3 is 2.64 bits per heavy atom. The molecule has 7 nitrogen and oxygen atoms in total. The van der Waals surface area contributed by atoms with Crippen LogP contribution in [0.3, 0.4) is 0 Å². The number of Topliss-reactive ketones (excluding diaryl/α,β-unsaturated/α-hetero) is 1. The second-order valence-electron chi connectivity index (χ2n) is 5.71. The van der Waals surface area contributed by atoms with Crippen LogP contribution in [0.15, 0.2) is 52.6 Å². The van der Waals surface area contributed by atoms with Gasteiger partial charge in [0.05, 0.1) is 11.3 Å². The number of rotatable bonds is 4. The first-order valence-electron chi connectivity index (χ1n) is 7.60. The first-order chi connectivity index (χ1) is 11.8. The molecule has 2 heterocycles. The summed E-state index contributed by atoms with van der Waals surface area (Å²) in [6.45, 7) is 1.77. The van der Waals surface area contributed by atoms with Gasteiger partial charge in [0.25, 0.3) is 10.0 Å². The molecule has 0 spiro atoms. The third-order valence-corrected chi connectivity index (χ3v) is 4.93. The lowest BCUT2D eigenvalue weighted by Gasteiger charge is -2.26. The highest BCUT2D eigenvalue weighted by Crippen LogP contribution is 2.16. The molecule has 0 saturated carbocycles. The van der Waals surface area contributed by atoms with E-state index in [4.69, 9.17) is 4.74 Å². The number of benzene rings is 1. The van der Waals surface area contributed by atoms with Crippen LogP contribution in [0.25, 0.3) is 0 Å². The standard InChI is InChI=1S/C17H16N2O5S/c1-12-2-4-13(5-3-12)15(20)11-24-17(21)14-6-7-16-18-25(22,23)9-8-19(16)10-14/h2-7,10H,8-9,11H2,1H3. The first-order valence-corrected chi connectivity index (χ1v) is 9.21. The molecule has 0 saturated heterocycles. The SMILES string of the molecule is Cc1ccc(C(=O)COC(=O)C2=CN3CCS(=O)(=O)N=C3C=C2)cc1. The third kappa shape index (κ3) is 4.03. The molecule has 0 aromatic heterocycles. The summed E-state index contributed by atoms with van der Waals surface area (Å²) in [5.74, 6) is -0.794. The summed E-state index contributed by atoms with van der Waals surface area (Å²) in [7, 11) is -3.44. The lowest BCUT2D eigenvalue weighted by atomic mass is 10.1. The van der Waals surface area contributed by atoms with E-state index in [1.54, 1.807) is 17.0 Å². The van der Waals surface area contributed by atoms with Crippen molar-refractivity contribution in [3.05, 3.63) is 59.3 Å². The number of esters is 1. The van der Waals surface area contributed by atoms with Crippen LogP contribution in [0.2, 0.25) is 0 Å². The number of ether oxygens (including phenoxy) is 1. The molecule has 2 aliphatic rings. The van der Waals surface area contributed by atoms with Gasteiger partial charge < -0.3 is 9.64 Å². The Morgan fingerprint density at radius 1 is 1.20 bits per heavy atom. The molecule has 0 atom stereocenters. The molecule has 0 unspecified atom stereocenters. The van der Waals surface area contributed by atoms with Crippen molar-refractivity contribution in [3.8, 4) is 0 Å². The molecule has 0 radical (unpaired) electrons. The minimum absolute atomic E-state index is 0.116. The lowest BCUT2D eigenvalue weighted by molar-refractivity contribution is -0.137. The van der Waals surface area contributed by atoms with Gasteiger partial charge in [-0.05, 0) is 19.1 Å². The Morgan fingerprint density at radius 2 is 1.92 bits per heavy atom. The second-order valence-corrected chi connectivity index (χ2v) is 7.47. The normalized spacial score (nSPS) is 18.0. The number of amidine groups is 1. The van der Waals surface area contributed by atoms with Crippen LogP contribution in [0, 0.1) is 6.92 Å². The fraction of sp³-hybridized carbons (Fsp3) is 0.235. The number of nitrogens with zero attached hydrogens (tertiary/aromatic N) is 2. The molecule has 0 fully saturated rings. The number of hydrogen-bond acceptors (Lipinski definition) is 6. The number of fused-ring (bicyclic) bond motifs is 1. The number of carbonyl (C=O) groups excluding carboxylic acids is 2. The average Bonchev–Trinajstić information content (AvgIpc) is 2.58. The van der Waals surface area contributed by atoms with Crippen LogP contribution in [0.4, 0.5) is 0 Å². The minimum Gasteiger partial charge on any atom is -0.454 e. The van der Waals surface area contributed by atoms with E-state index < -0.39 is 16.0 Å². The molecule has 0 bridgehead atoms. The summed E-state index contributed by atoms with van der Waals surface area (Å²) in [6.07, 6.45) is 4.34. The van der Waals surface area contributed by atoms with Gasteiger partial charge in [0.2, 0.25) is 0 Å². The number of carbonyl (C=O) groups is 2. The van der Waals surface area contributed by atoms with Gasteiger partial charge in [-0.25, -0.2) is 13.2 Å². The maximum atomic E-state index is 12.1. The molecular formula is C17H16N2O5S. The van der Waals surface area contributed by atoms with Gasteiger partial charge in [0, 0.05) is 18.3 Å². The second kappa shape index (κ2) is 6.64. The predicted octanol–water partition coefficient (Wildman–Crippen LogP) is 1.22. The monoisotopic (exact) mass is 360 g/mol. The highest BCUT2D eigenvalue weighted by Gasteiger charge is 2.25. The Hall–Kier alpha value is -2.74. The van der Waals surface area contributed by atoms with Crippen molar-refractivity contribution in [2.24, 2.45) is 4.40 Å². The van der Waals surface area contributed by atoms with Gasteiger partial charge in [-0.1, -0.05) is 29.8 Å². The zero-order valence-corrected chi connectivity index (χ0v) is 14.3. The van der Waals surface area contributed by atoms with E-state index in [1.807, 2.05) is 19.1 Å². The molecule has 0 N–H and O–H groups in total. The van der Waals surface area contributed by atoms with Crippen LogP contribution < -0.4 is 0 Å². The Balaban J connectivity index is 1.63. The van der Waals surface area contributed by atoms with E-state index in [9.17, 15) is 18.0 Å². The Bertz CT molecular complexity index is 911. The topological polar surface area (TPSA) is 93.1 Å². The van der Waals surface area contributed by atoms with Crippen molar-refractivity contribution in [2.75, 3.05) is 18.9 Å². The van der Waals surface area contributed by atoms with Gasteiger partial charge in [-0.3, -0.25) is 4.79 Å². The van der Waals surface area contributed by atoms with Crippen molar-refractivity contribution in [1.29, 1.82) is 0 Å². The lowest BCUT2D eigenvalue weighted by Crippen LogP contribution is -2.37. The molecule has 2 aliphatic heterocycles. The van der Waals surface area contributed by atoms with E-state index in [1.165, 1.54) is 18.4 Å². The van der Waals surface area contributed by atoms with Gasteiger partial charge in [-0.2, -0.15) is 0 Å². The van der Waals surface area contributed by atoms with Crippen LogP contribution >= 0.6 is 0 Å². The Labute approximate surface area is 145 Å². The van der Waals surface area contributed by atoms with Gasteiger partial charge >= 0.3 is 5.97 Å². The van der Waals surface area contributed by atoms with Crippen molar-refractivity contribution in [1.82, 2.24) is 4.90 Å². The maximum Gasteiger partial charge on any atom is 0.340 e. The van der Waals surface area contributed by atoms with E-state index >= 15 is 0 Å². The molecule has 0 aliphatic carbocycles. The van der Waals surface area contributed by atoms with Gasteiger partial charge in [0.15, 0.2) is 12.4 Å². The molecule has 1 aromatic carbocycles. The summed E-state index contributed by atoms with van der Waals surface area (Å²) in [5, 5.41) is 0. The largest absolute Gasteiger partial charge is 0.454 e. The number of hydrogen-bond donors (Lipinski definition) is 0. The van der Waals surface area contributed by atoms with E-state index in [0.29, 0.717) is 5.56 Å². The molecule has 8 heteroatoms. The highest BCUT2D eigenvalue weighted by molar-refractivity contribution is 7.90. The van der Waals surface area contributed by atoms with Crippen LogP contribution in [-0.2, 0) is 19.6 Å². The Kier molecular flexibility index (Phi) is 4.54. The molecule has 3 rings (SSSR count). The quantitative estimate of drug-likeness (QED) is 0.592. The zero-order chi connectivity index (χ0) is 18.0. The maximum absolute atomic E-state index is 12.1. The number of sulfonamides is 1. The summed E-state index contributed by atoms with van der Waals surface area (Å²) in [5.41, 5.74) is 1.74. The summed E-state index contributed by atoms with van der Waals surface area (Å²) in [4.78, 5) is 25.7. The summed E-state index contributed by atoms with van der Waals surface area (Å²) >= 11 is 0. The van der Waals surface area contributed by atoms with Crippen LogP contribution in [0.1, 0.15) is 15.9 Å². The first kappa shape index (κ1) is 17.1. The van der Waals surface area contributed by atoms with E-state index in [-0.39, 0.29) is 36.1 Å².